The number of rotatable bonds is 14. The van der Waals surface area contributed by atoms with Crippen LogP contribution in [0.3, 0.4) is 0 Å². The van der Waals surface area contributed by atoms with E-state index in [9.17, 15) is 5.11 Å². The van der Waals surface area contributed by atoms with E-state index in [-0.39, 0.29) is 6.61 Å². The lowest BCUT2D eigenvalue weighted by atomic mass is 10.0. The Labute approximate surface area is 140 Å². The third-order valence-corrected chi connectivity index (χ3v) is 4.27. The quantitative estimate of drug-likeness (QED) is 0.455. The van der Waals surface area contributed by atoms with Crippen LogP contribution in [-0.4, -0.2) is 28.0 Å². The molecular weight excluding hydrogens is 292 g/mol. The minimum atomic E-state index is -0.992. The number of nitrogens with two attached hydrogens (primary N) is 1. The van der Waals surface area contributed by atoms with E-state index in [0.717, 1.165) is 18.5 Å². The first-order valence-electron chi connectivity index (χ1n) is 9.19. The molecule has 134 valence electrons. The summed E-state index contributed by atoms with van der Waals surface area (Å²) in [7, 11) is 0. The highest BCUT2D eigenvalue weighted by molar-refractivity contribution is 5.09. The Bertz CT molecular complexity index is 395. The van der Waals surface area contributed by atoms with Gasteiger partial charge >= 0.3 is 0 Å². The van der Waals surface area contributed by atoms with Gasteiger partial charge in [-0.1, -0.05) is 69.9 Å². The maximum Gasteiger partial charge on any atom is 0.167 e. The third kappa shape index (κ3) is 8.49. The highest BCUT2D eigenvalue weighted by atomic mass is 16.5. The van der Waals surface area contributed by atoms with E-state index in [1.807, 2.05) is 0 Å². The lowest BCUT2D eigenvalue weighted by Gasteiger charge is -2.12. The van der Waals surface area contributed by atoms with Gasteiger partial charge in [-0.05, 0) is 12.8 Å². The molecule has 23 heavy (non-hydrogen) atoms. The first-order chi connectivity index (χ1) is 11.2. The Kier molecular flexibility index (Phi) is 10.9. The summed E-state index contributed by atoms with van der Waals surface area (Å²) in [4.78, 5) is 0. The molecule has 0 aromatic carbocycles. The highest BCUT2D eigenvalue weighted by Crippen LogP contribution is 2.18. The van der Waals surface area contributed by atoms with Crippen molar-refractivity contribution in [3.63, 3.8) is 0 Å². The predicted octanol–water partition coefficient (Wildman–Crippen LogP) is 3.49. The molecule has 4 N–H and O–H groups in total. The Hall–Kier alpha value is -0.910. The van der Waals surface area contributed by atoms with Gasteiger partial charge in [0.05, 0.1) is 18.3 Å². The number of aliphatic hydroxyl groups is 2. The first-order valence-corrected chi connectivity index (χ1v) is 9.19. The van der Waals surface area contributed by atoms with E-state index in [1.54, 1.807) is 6.07 Å². The summed E-state index contributed by atoms with van der Waals surface area (Å²) in [5, 5.41) is 22.7. The molecule has 0 fully saturated rings. The number of nitrogens with zero attached hydrogens (tertiary/aromatic N) is 1. The van der Waals surface area contributed by atoms with Crippen LogP contribution in [-0.2, 0) is 6.42 Å². The molecule has 5 nitrogen and oxygen atoms in total. The van der Waals surface area contributed by atoms with Gasteiger partial charge in [-0.2, -0.15) is 0 Å². The molecule has 0 aliphatic carbocycles. The fourth-order valence-electron chi connectivity index (χ4n) is 2.69. The monoisotopic (exact) mass is 326 g/mol. The molecule has 0 saturated carbocycles. The summed E-state index contributed by atoms with van der Waals surface area (Å²) < 4.78 is 5.10. The number of aliphatic hydroxyl groups excluding tert-OH is 2. The van der Waals surface area contributed by atoms with Crippen LogP contribution in [0.4, 0.5) is 0 Å². The summed E-state index contributed by atoms with van der Waals surface area (Å²) in [6, 6.07) is 1.02. The average molecular weight is 326 g/mol. The van der Waals surface area contributed by atoms with Gasteiger partial charge in [0.1, 0.15) is 6.10 Å². The average Bonchev–Trinajstić information content (AvgIpc) is 3.04. The largest absolute Gasteiger partial charge is 0.395 e. The number of hydrogen-bond acceptors (Lipinski definition) is 5. The predicted molar refractivity (Wildman–Crippen MR) is 92.1 cm³/mol. The van der Waals surface area contributed by atoms with Gasteiger partial charge in [0.15, 0.2) is 5.76 Å². The molecule has 0 radical (unpaired) electrons. The lowest BCUT2D eigenvalue weighted by Crippen LogP contribution is -2.31. The zero-order valence-electron chi connectivity index (χ0n) is 14.5. The van der Waals surface area contributed by atoms with Crippen molar-refractivity contribution >= 4 is 0 Å². The van der Waals surface area contributed by atoms with Crippen molar-refractivity contribution in [2.75, 3.05) is 6.61 Å². The van der Waals surface area contributed by atoms with Crippen molar-refractivity contribution in [1.29, 1.82) is 0 Å². The molecule has 5 heteroatoms. The minimum Gasteiger partial charge on any atom is -0.395 e. The molecule has 0 aliphatic heterocycles. The summed E-state index contributed by atoms with van der Waals surface area (Å²) in [6.07, 6.45) is 12.9. The highest BCUT2D eigenvalue weighted by Gasteiger charge is 2.20. The first kappa shape index (κ1) is 20.1. The molecule has 1 aromatic rings. The van der Waals surface area contributed by atoms with Crippen molar-refractivity contribution in [1.82, 2.24) is 5.16 Å². The molecule has 1 rings (SSSR count). The number of hydrogen-bond donors (Lipinski definition) is 3. The summed E-state index contributed by atoms with van der Waals surface area (Å²) in [5.41, 5.74) is 6.43. The zero-order chi connectivity index (χ0) is 16.9. The third-order valence-electron chi connectivity index (χ3n) is 4.27. The summed E-state index contributed by atoms with van der Waals surface area (Å²) >= 11 is 0. The second kappa shape index (κ2) is 12.5. The van der Waals surface area contributed by atoms with Gasteiger partial charge in [-0.15, -0.1) is 0 Å². The fraction of sp³-hybridized carbons (Fsp3) is 0.833. The van der Waals surface area contributed by atoms with E-state index < -0.39 is 12.1 Å². The molecule has 1 aromatic heterocycles. The fourth-order valence-corrected chi connectivity index (χ4v) is 2.69. The molecule has 0 spiro atoms. The smallest absolute Gasteiger partial charge is 0.167 e. The molecule has 0 amide bonds. The molecular formula is C18H34N2O3. The molecule has 0 saturated heterocycles. The van der Waals surface area contributed by atoms with Crippen LogP contribution >= 0.6 is 0 Å². The lowest BCUT2D eigenvalue weighted by molar-refractivity contribution is 0.0843. The van der Waals surface area contributed by atoms with Crippen LogP contribution in [0, 0.1) is 0 Å². The van der Waals surface area contributed by atoms with Gasteiger partial charge in [0, 0.05) is 6.07 Å². The minimum absolute atomic E-state index is 0.282. The Morgan fingerprint density at radius 2 is 1.61 bits per heavy atom. The van der Waals surface area contributed by atoms with Crippen molar-refractivity contribution in [2.45, 2.75) is 89.7 Å². The number of aromatic nitrogens is 1. The van der Waals surface area contributed by atoms with Gasteiger partial charge in [-0.3, -0.25) is 0 Å². The van der Waals surface area contributed by atoms with Crippen molar-refractivity contribution in [2.24, 2.45) is 5.73 Å². The Balaban J connectivity index is 2.05. The van der Waals surface area contributed by atoms with Crippen LogP contribution < -0.4 is 5.73 Å². The van der Waals surface area contributed by atoms with E-state index >= 15 is 0 Å². The number of aryl methyl sites for hydroxylation is 1. The summed E-state index contributed by atoms with van der Waals surface area (Å²) in [5.74, 6) is 0.341. The maximum atomic E-state index is 9.83. The van der Waals surface area contributed by atoms with Crippen LogP contribution in [0.15, 0.2) is 10.6 Å². The standard InChI is InChI=1S/C18H34N2O3/c1-2-3-4-5-6-7-8-9-10-11-12-15-13-17(23-20-15)18(22)16(19)14-21/h13,16,18,21-22H,2-12,14,19H2,1H3. The van der Waals surface area contributed by atoms with Crippen LogP contribution in [0.2, 0.25) is 0 Å². The molecule has 2 unspecified atom stereocenters. The van der Waals surface area contributed by atoms with Crippen molar-refractivity contribution < 1.29 is 14.7 Å². The summed E-state index contributed by atoms with van der Waals surface area (Å²) in [6.45, 7) is 1.97. The van der Waals surface area contributed by atoms with E-state index in [1.165, 1.54) is 57.8 Å². The van der Waals surface area contributed by atoms with E-state index in [0.29, 0.717) is 5.76 Å². The second-order valence-electron chi connectivity index (χ2n) is 6.44. The van der Waals surface area contributed by atoms with Gasteiger partial charge in [0.25, 0.3) is 0 Å². The maximum absolute atomic E-state index is 9.83. The van der Waals surface area contributed by atoms with Gasteiger partial charge < -0.3 is 20.5 Å². The van der Waals surface area contributed by atoms with Gasteiger partial charge in [0.2, 0.25) is 0 Å². The topological polar surface area (TPSA) is 92.5 Å². The molecule has 0 aliphatic rings. The second-order valence-corrected chi connectivity index (χ2v) is 6.44. The normalized spacial score (nSPS) is 14.1. The SMILES string of the molecule is CCCCCCCCCCCCc1cc(C(O)C(N)CO)on1. The van der Waals surface area contributed by atoms with Crippen molar-refractivity contribution in [3.05, 3.63) is 17.5 Å². The Morgan fingerprint density at radius 1 is 1.04 bits per heavy atom. The Morgan fingerprint density at radius 3 is 2.17 bits per heavy atom. The molecule has 1 heterocycles. The van der Waals surface area contributed by atoms with E-state index in [4.69, 9.17) is 15.4 Å². The van der Waals surface area contributed by atoms with Crippen LogP contribution in [0.1, 0.15) is 88.7 Å². The molecule has 0 bridgehead atoms. The zero-order valence-corrected chi connectivity index (χ0v) is 14.5. The molecule has 2 atom stereocenters. The van der Waals surface area contributed by atoms with Crippen LogP contribution in [0.5, 0.6) is 0 Å². The van der Waals surface area contributed by atoms with Gasteiger partial charge in [-0.25, -0.2) is 0 Å². The van der Waals surface area contributed by atoms with Crippen molar-refractivity contribution in [3.8, 4) is 0 Å². The van der Waals surface area contributed by atoms with Crippen LogP contribution in [0.25, 0.3) is 0 Å². The number of unbranched alkanes of at least 4 members (excludes halogenated alkanes) is 9. The van der Waals surface area contributed by atoms with E-state index in [2.05, 4.69) is 12.1 Å².